The Morgan fingerprint density at radius 1 is 1.25 bits per heavy atom. The third-order valence-corrected chi connectivity index (χ3v) is 4.07. The number of aromatic nitrogens is 3. The van der Waals surface area contributed by atoms with Crippen LogP contribution in [0, 0.1) is 6.92 Å². The van der Waals surface area contributed by atoms with E-state index in [1.54, 1.807) is 11.6 Å². The molecule has 0 atom stereocenters. The minimum atomic E-state index is -3.24. The minimum Gasteiger partial charge on any atom is -0.347 e. The Morgan fingerprint density at radius 2 is 1.92 bits per heavy atom. The molecule has 0 aliphatic rings. The number of hydrogen-bond acceptors (Lipinski definition) is 5. The molecule has 2 aromatic rings. The van der Waals surface area contributed by atoms with Crippen LogP contribution in [0.15, 0.2) is 24.3 Å². The molecule has 130 valence electrons. The molecular formula is C15H21N5O3S. The summed E-state index contributed by atoms with van der Waals surface area (Å²) < 4.78 is 26.3. The maximum absolute atomic E-state index is 12.3. The Bertz CT molecular complexity index is 829. The summed E-state index contributed by atoms with van der Waals surface area (Å²) in [6.45, 7) is 4.75. The third-order valence-electron chi connectivity index (χ3n) is 3.40. The van der Waals surface area contributed by atoms with Gasteiger partial charge in [-0.1, -0.05) is 29.5 Å². The number of sulfonamides is 1. The molecule has 2 rings (SSSR count). The van der Waals surface area contributed by atoms with Crippen LogP contribution in [0.25, 0.3) is 0 Å². The number of carbonyl (C=O) groups is 1. The highest BCUT2D eigenvalue weighted by Gasteiger charge is 2.16. The van der Waals surface area contributed by atoms with Crippen molar-refractivity contribution in [3.63, 3.8) is 0 Å². The molecule has 0 fully saturated rings. The largest absolute Gasteiger partial charge is 0.347 e. The van der Waals surface area contributed by atoms with Crippen molar-refractivity contribution < 1.29 is 13.2 Å². The number of carbonyl (C=O) groups excluding carboxylic acids is 1. The highest BCUT2D eigenvalue weighted by atomic mass is 32.2. The van der Waals surface area contributed by atoms with Gasteiger partial charge < -0.3 is 5.32 Å². The van der Waals surface area contributed by atoms with E-state index in [9.17, 15) is 13.2 Å². The molecule has 8 nitrogen and oxygen atoms in total. The van der Waals surface area contributed by atoms with Crippen molar-refractivity contribution in [3.05, 3.63) is 46.8 Å². The smallest absolute Gasteiger partial charge is 0.271 e. The lowest BCUT2D eigenvalue weighted by molar-refractivity contribution is 0.0939. The van der Waals surface area contributed by atoms with Gasteiger partial charge >= 0.3 is 0 Å². The molecule has 24 heavy (non-hydrogen) atoms. The average molecular weight is 351 g/mol. The topological polar surface area (TPSA) is 106 Å². The van der Waals surface area contributed by atoms with Gasteiger partial charge in [-0.2, -0.15) is 0 Å². The highest BCUT2D eigenvalue weighted by molar-refractivity contribution is 7.88. The van der Waals surface area contributed by atoms with Crippen LogP contribution in [0.3, 0.4) is 0 Å². The Labute approximate surface area is 141 Å². The lowest BCUT2D eigenvalue weighted by atomic mass is 10.1. The van der Waals surface area contributed by atoms with Crippen molar-refractivity contribution in [2.75, 3.05) is 6.26 Å². The number of hydrogen-bond donors (Lipinski definition) is 2. The molecule has 0 radical (unpaired) electrons. The van der Waals surface area contributed by atoms with Gasteiger partial charge in [-0.3, -0.25) is 4.79 Å². The van der Waals surface area contributed by atoms with Crippen LogP contribution < -0.4 is 10.0 Å². The highest BCUT2D eigenvalue weighted by Crippen LogP contribution is 2.08. The van der Waals surface area contributed by atoms with Crippen LogP contribution >= 0.6 is 0 Å². The van der Waals surface area contributed by atoms with Gasteiger partial charge in [0.15, 0.2) is 0 Å². The van der Waals surface area contributed by atoms with Crippen LogP contribution in [-0.2, 0) is 29.7 Å². The number of nitrogens with zero attached hydrogens (tertiary/aromatic N) is 3. The lowest BCUT2D eigenvalue weighted by Gasteiger charge is -2.09. The number of aryl methyl sites for hydroxylation is 2. The molecule has 9 heteroatoms. The van der Waals surface area contributed by atoms with E-state index in [-0.39, 0.29) is 12.5 Å². The monoisotopic (exact) mass is 351 g/mol. The molecular weight excluding hydrogens is 330 g/mol. The number of amides is 1. The maximum Gasteiger partial charge on any atom is 0.271 e. The molecule has 1 aromatic heterocycles. The zero-order chi connectivity index (χ0) is 17.7. The second-order valence-electron chi connectivity index (χ2n) is 5.44. The van der Waals surface area contributed by atoms with Crippen LogP contribution in [-0.4, -0.2) is 35.6 Å². The zero-order valence-corrected chi connectivity index (χ0v) is 14.7. The van der Waals surface area contributed by atoms with Gasteiger partial charge in [-0.15, -0.1) is 5.10 Å². The van der Waals surface area contributed by atoms with Gasteiger partial charge in [0, 0.05) is 19.6 Å². The fourth-order valence-electron chi connectivity index (χ4n) is 2.23. The van der Waals surface area contributed by atoms with Crippen molar-refractivity contribution in [2.24, 2.45) is 0 Å². The van der Waals surface area contributed by atoms with Gasteiger partial charge in [-0.25, -0.2) is 17.8 Å². The minimum absolute atomic E-state index is 0.215. The van der Waals surface area contributed by atoms with Crippen molar-refractivity contribution >= 4 is 15.9 Å². The van der Waals surface area contributed by atoms with Gasteiger partial charge in [0.1, 0.15) is 5.69 Å². The molecule has 0 aliphatic carbocycles. The van der Waals surface area contributed by atoms with Gasteiger partial charge in [0.05, 0.1) is 11.9 Å². The molecule has 2 N–H and O–H groups in total. The maximum atomic E-state index is 12.3. The average Bonchev–Trinajstić information content (AvgIpc) is 2.91. The summed E-state index contributed by atoms with van der Waals surface area (Å²) >= 11 is 0. The summed E-state index contributed by atoms with van der Waals surface area (Å²) in [4.78, 5) is 12.3. The number of benzene rings is 1. The van der Waals surface area contributed by atoms with E-state index in [4.69, 9.17) is 0 Å². The van der Waals surface area contributed by atoms with Crippen LogP contribution in [0.5, 0.6) is 0 Å². The SMILES string of the molecule is CCn1nnc(C)c1C(=O)NCc1cccc(CNS(C)(=O)=O)c1. The predicted molar refractivity (Wildman–Crippen MR) is 89.7 cm³/mol. The van der Waals surface area contributed by atoms with Crippen molar-refractivity contribution in [3.8, 4) is 0 Å². The normalized spacial score (nSPS) is 11.5. The molecule has 0 spiro atoms. The van der Waals surface area contributed by atoms with E-state index in [2.05, 4.69) is 20.4 Å². The molecule has 1 aromatic carbocycles. The fourth-order valence-corrected chi connectivity index (χ4v) is 2.66. The van der Waals surface area contributed by atoms with Crippen LogP contribution in [0.4, 0.5) is 0 Å². The lowest BCUT2D eigenvalue weighted by Crippen LogP contribution is -2.26. The van der Waals surface area contributed by atoms with E-state index >= 15 is 0 Å². The second kappa shape index (κ2) is 7.54. The summed E-state index contributed by atoms with van der Waals surface area (Å²) in [5.74, 6) is -0.237. The first-order chi connectivity index (χ1) is 11.3. The molecule has 1 heterocycles. The summed E-state index contributed by atoms with van der Waals surface area (Å²) in [5.41, 5.74) is 2.74. The quantitative estimate of drug-likeness (QED) is 0.759. The van der Waals surface area contributed by atoms with Gasteiger partial charge in [-0.05, 0) is 25.0 Å². The van der Waals surface area contributed by atoms with Gasteiger partial charge in [0.2, 0.25) is 10.0 Å². The van der Waals surface area contributed by atoms with Crippen molar-refractivity contribution in [1.82, 2.24) is 25.0 Å². The van der Waals surface area contributed by atoms with Crippen molar-refractivity contribution in [2.45, 2.75) is 33.5 Å². The Hall–Kier alpha value is -2.26. The predicted octanol–water partition coefficient (Wildman–Crippen LogP) is 0.586. The van der Waals surface area contributed by atoms with E-state index < -0.39 is 10.0 Å². The summed E-state index contributed by atoms with van der Waals surface area (Å²) in [6, 6.07) is 7.36. The zero-order valence-electron chi connectivity index (χ0n) is 13.9. The fraction of sp³-hybridized carbons (Fsp3) is 0.400. The van der Waals surface area contributed by atoms with E-state index in [0.29, 0.717) is 24.5 Å². The van der Waals surface area contributed by atoms with Crippen LogP contribution in [0.1, 0.15) is 34.2 Å². The molecule has 1 amide bonds. The first-order valence-corrected chi connectivity index (χ1v) is 9.40. The molecule has 0 unspecified atom stereocenters. The van der Waals surface area contributed by atoms with E-state index in [0.717, 1.165) is 17.4 Å². The molecule has 0 bridgehead atoms. The van der Waals surface area contributed by atoms with Crippen molar-refractivity contribution in [1.29, 1.82) is 0 Å². The number of nitrogens with one attached hydrogen (secondary N) is 2. The first kappa shape index (κ1) is 18.1. The molecule has 0 aliphatic heterocycles. The Kier molecular flexibility index (Phi) is 5.68. The molecule has 0 saturated carbocycles. The van der Waals surface area contributed by atoms with Crippen LogP contribution in [0.2, 0.25) is 0 Å². The van der Waals surface area contributed by atoms with E-state index in [1.807, 2.05) is 31.2 Å². The standard InChI is InChI=1S/C15H21N5O3S/c1-4-20-14(11(2)18-19-20)15(21)16-9-12-6-5-7-13(8-12)10-17-24(3,22)23/h5-8,17H,4,9-10H2,1-3H3,(H,16,21). The Morgan fingerprint density at radius 3 is 2.54 bits per heavy atom. The summed E-state index contributed by atoms with van der Waals surface area (Å²) in [7, 11) is -3.24. The summed E-state index contributed by atoms with van der Waals surface area (Å²) in [5, 5.41) is 10.7. The number of rotatable bonds is 7. The Balaban J connectivity index is 2.01. The first-order valence-electron chi connectivity index (χ1n) is 7.51. The second-order valence-corrected chi connectivity index (χ2v) is 7.27. The van der Waals surface area contributed by atoms with Gasteiger partial charge in [0.25, 0.3) is 5.91 Å². The third kappa shape index (κ3) is 4.87. The molecule has 0 saturated heterocycles. The van der Waals surface area contributed by atoms with E-state index in [1.165, 1.54) is 0 Å². The summed E-state index contributed by atoms with van der Waals surface area (Å²) in [6.07, 6.45) is 1.12.